The van der Waals surface area contributed by atoms with Crippen LogP contribution in [0.5, 0.6) is 0 Å². The number of halogens is 1. The number of aryl methyl sites for hydroxylation is 2. The van der Waals surface area contributed by atoms with E-state index in [1.54, 1.807) is 0 Å². The van der Waals surface area contributed by atoms with Gasteiger partial charge in [-0.15, -0.1) is 0 Å². The highest BCUT2D eigenvalue weighted by Gasteiger charge is 2.08. The minimum Gasteiger partial charge on any atom is -0.327 e. The molecular weight excluding hydrogens is 256 g/mol. The Kier molecular flexibility index (Phi) is 4.94. The number of aromatic nitrogens is 1. The molecule has 2 rings (SSSR count). The van der Waals surface area contributed by atoms with Crippen molar-refractivity contribution >= 4 is 11.6 Å². The second-order valence-corrected chi connectivity index (χ2v) is 5.33. The molecule has 0 bridgehead atoms. The first kappa shape index (κ1) is 14.0. The summed E-state index contributed by atoms with van der Waals surface area (Å²) in [5.41, 5.74) is 9.57. The number of pyridine rings is 1. The Morgan fingerprint density at radius 1 is 1.26 bits per heavy atom. The molecule has 0 saturated carbocycles. The van der Waals surface area contributed by atoms with E-state index in [2.05, 4.69) is 17.1 Å². The number of nitrogens with two attached hydrogens (primary N) is 1. The summed E-state index contributed by atoms with van der Waals surface area (Å²) in [4.78, 5) is 4.31. The Hall–Kier alpha value is -1.38. The maximum atomic E-state index is 6.22. The minimum absolute atomic E-state index is 0.113. The third kappa shape index (κ3) is 4.34. The molecule has 2 aromatic rings. The molecule has 0 radical (unpaired) electrons. The van der Waals surface area contributed by atoms with Gasteiger partial charge in [0.15, 0.2) is 0 Å². The van der Waals surface area contributed by atoms with Crippen molar-refractivity contribution in [2.24, 2.45) is 5.73 Å². The molecule has 2 nitrogen and oxygen atoms in total. The van der Waals surface area contributed by atoms with Crippen LogP contribution in [0, 0.1) is 6.92 Å². The molecule has 0 aliphatic carbocycles. The third-order valence-corrected chi connectivity index (χ3v) is 3.54. The molecule has 1 heterocycles. The topological polar surface area (TPSA) is 38.9 Å². The molecule has 0 saturated heterocycles. The number of rotatable bonds is 5. The van der Waals surface area contributed by atoms with Crippen LogP contribution in [0.1, 0.15) is 23.2 Å². The second kappa shape index (κ2) is 6.69. The molecular formula is C16H19ClN2. The molecule has 0 aliphatic heterocycles. The monoisotopic (exact) mass is 274 g/mol. The van der Waals surface area contributed by atoms with Crippen molar-refractivity contribution in [3.8, 4) is 0 Å². The Morgan fingerprint density at radius 2 is 2.11 bits per heavy atom. The van der Waals surface area contributed by atoms with Gasteiger partial charge in [0.1, 0.15) is 0 Å². The molecule has 1 atom stereocenters. The predicted molar refractivity (Wildman–Crippen MR) is 80.4 cm³/mol. The average Bonchev–Trinajstić information content (AvgIpc) is 2.41. The average molecular weight is 275 g/mol. The first-order chi connectivity index (χ1) is 9.15. The highest BCUT2D eigenvalue weighted by atomic mass is 35.5. The summed E-state index contributed by atoms with van der Waals surface area (Å²) in [6.45, 7) is 2.04. The van der Waals surface area contributed by atoms with Crippen LogP contribution in [0.25, 0.3) is 0 Å². The van der Waals surface area contributed by atoms with E-state index < -0.39 is 0 Å². The summed E-state index contributed by atoms with van der Waals surface area (Å²) < 4.78 is 0. The quantitative estimate of drug-likeness (QED) is 0.906. The fraction of sp³-hybridized carbons (Fsp3) is 0.312. The van der Waals surface area contributed by atoms with Crippen molar-refractivity contribution in [2.75, 3.05) is 0 Å². The van der Waals surface area contributed by atoms with Gasteiger partial charge in [-0.2, -0.15) is 0 Å². The van der Waals surface area contributed by atoms with Crippen molar-refractivity contribution < 1.29 is 0 Å². The van der Waals surface area contributed by atoms with Gasteiger partial charge in [-0.3, -0.25) is 4.98 Å². The second-order valence-electron chi connectivity index (χ2n) is 4.92. The molecule has 100 valence electrons. The number of benzene rings is 1. The molecule has 0 aliphatic rings. The molecule has 1 aromatic heterocycles. The highest BCUT2D eigenvalue weighted by molar-refractivity contribution is 6.31. The van der Waals surface area contributed by atoms with Crippen molar-refractivity contribution in [2.45, 2.75) is 32.2 Å². The number of hydrogen-bond donors (Lipinski definition) is 1. The zero-order valence-corrected chi connectivity index (χ0v) is 11.9. The SMILES string of the molecule is Cc1ccc(CC(N)CCc2ccccn2)c(Cl)c1. The van der Waals surface area contributed by atoms with Gasteiger partial charge in [0.05, 0.1) is 0 Å². The van der Waals surface area contributed by atoms with Crippen LogP contribution in [-0.2, 0) is 12.8 Å². The summed E-state index contributed by atoms with van der Waals surface area (Å²) in [7, 11) is 0. The van der Waals surface area contributed by atoms with E-state index in [-0.39, 0.29) is 6.04 Å². The van der Waals surface area contributed by atoms with Crippen LogP contribution >= 0.6 is 11.6 Å². The Labute approximate surface area is 119 Å². The third-order valence-electron chi connectivity index (χ3n) is 3.19. The zero-order valence-electron chi connectivity index (χ0n) is 11.1. The van der Waals surface area contributed by atoms with Crippen LogP contribution in [0.4, 0.5) is 0 Å². The van der Waals surface area contributed by atoms with Gasteiger partial charge < -0.3 is 5.73 Å². The summed E-state index contributed by atoms with van der Waals surface area (Å²) >= 11 is 6.22. The van der Waals surface area contributed by atoms with Crippen LogP contribution in [0.15, 0.2) is 42.6 Å². The lowest BCUT2D eigenvalue weighted by molar-refractivity contribution is 0.605. The first-order valence-electron chi connectivity index (χ1n) is 6.55. The molecule has 3 heteroatoms. The van der Waals surface area contributed by atoms with E-state index in [1.807, 2.05) is 37.4 Å². The van der Waals surface area contributed by atoms with Crippen LogP contribution in [0.3, 0.4) is 0 Å². The van der Waals surface area contributed by atoms with E-state index >= 15 is 0 Å². The van der Waals surface area contributed by atoms with Gasteiger partial charge in [0.2, 0.25) is 0 Å². The molecule has 1 aromatic carbocycles. The molecule has 1 unspecified atom stereocenters. The summed E-state index contributed by atoms with van der Waals surface area (Å²) in [5, 5.41) is 0.813. The van der Waals surface area contributed by atoms with Gasteiger partial charge in [-0.1, -0.05) is 29.8 Å². The fourth-order valence-electron chi connectivity index (χ4n) is 2.08. The van der Waals surface area contributed by atoms with Gasteiger partial charge in [0.25, 0.3) is 0 Å². The van der Waals surface area contributed by atoms with E-state index in [0.29, 0.717) is 0 Å². The van der Waals surface area contributed by atoms with Crippen molar-refractivity contribution in [1.29, 1.82) is 0 Å². The van der Waals surface area contributed by atoms with Crippen molar-refractivity contribution in [1.82, 2.24) is 4.98 Å². The maximum absolute atomic E-state index is 6.22. The Bertz CT molecular complexity index is 526. The lowest BCUT2D eigenvalue weighted by Gasteiger charge is -2.13. The number of nitrogens with zero attached hydrogens (tertiary/aromatic N) is 1. The molecule has 2 N–H and O–H groups in total. The maximum Gasteiger partial charge on any atom is 0.0441 e. The molecule has 0 amide bonds. The Balaban J connectivity index is 1.89. The molecule has 0 fully saturated rings. The number of hydrogen-bond acceptors (Lipinski definition) is 2. The predicted octanol–water partition coefficient (Wildman–Crippen LogP) is 3.55. The van der Waals surface area contributed by atoms with Crippen LogP contribution in [-0.4, -0.2) is 11.0 Å². The highest BCUT2D eigenvalue weighted by Crippen LogP contribution is 2.19. The summed E-state index contributed by atoms with van der Waals surface area (Å²) in [6, 6.07) is 12.2. The normalized spacial score (nSPS) is 12.4. The van der Waals surface area contributed by atoms with E-state index in [4.69, 9.17) is 17.3 Å². The van der Waals surface area contributed by atoms with Crippen molar-refractivity contribution in [3.63, 3.8) is 0 Å². The minimum atomic E-state index is 0.113. The molecule has 0 spiro atoms. The summed E-state index contributed by atoms with van der Waals surface area (Å²) in [6.07, 6.45) is 4.45. The smallest absolute Gasteiger partial charge is 0.0441 e. The van der Waals surface area contributed by atoms with Gasteiger partial charge in [-0.25, -0.2) is 0 Å². The van der Waals surface area contributed by atoms with E-state index in [0.717, 1.165) is 35.5 Å². The standard InChI is InChI=1S/C16H19ClN2/c1-12-5-6-13(16(17)10-12)11-14(18)7-8-15-4-2-3-9-19-15/h2-6,9-10,14H,7-8,11,18H2,1H3. The largest absolute Gasteiger partial charge is 0.327 e. The lowest BCUT2D eigenvalue weighted by Crippen LogP contribution is -2.23. The lowest BCUT2D eigenvalue weighted by atomic mass is 10.0. The van der Waals surface area contributed by atoms with Gasteiger partial charge >= 0.3 is 0 Å². The van der Waals surface area contributed by atoms with Gasteiger partial charge in [-0.05, 0) is 55.5 Å². The summed E-state index contributed by atoms with van der Waals surface area (Å²) in [5.74, 6) is 0. The van der Waals surface area contributed by atoms with Crippen LogP contribution in [0.2, 0.25) is 5.02 Å². The zero-order chi connectivity index (χ0) is 13.7. The fourth-order valence-corrected chi connectivity index (χ4v) is 2.39. The molecule has 19 heavy (non-hydrogen) atoms. The van der Waals surface area contributed by atoms with Crippen LogP contribution < -0.4 is 5.73 Å². The first-order valence-corrected chi connectivity index (χ1v) is 6.93. The van der Waals surface area contributed by atoms with E-state index in [9.17, 15) is 0 Å². The van der Waals surface area contributed by atoms with Crippen molar-refractivity contribution in [3.05, 3.63) is 64.4 Å². The van der Waals surface area contributed by atoms with Gasteiger partial charge in [0, 0.05) is 23.0 Å². The van der Waals surface area contributed by atoms with E-state index in [1.165, 1.54) is 5.56 Å². The Morgan fingerprint density at radius 3 is 2.79 bits per heavy atom.